The fourth-order valence-electron chi connectivity index (χ4n) is 2.79. The maximum absolute atomic E-state index is 11.4. The molecule has 106 valence electrons. The van der Waals surface area contributed by atoms with E-state index in [1.54, 1.807) is 0 Å². The van der Waals surface area contributed by atoms with E-state index in [0.29, 0.717) is 38.1 Å². The molecule has 0 radical (unpaired) electrons. The Morgan fingerprint density at radius 1 is 1.30 bits per heavy atom. The molecular formula is C12H16N6O2. The highest BCUT2D eigenvalue weighted by molar-refractivity contribution is 6.05. The first kappa shape index (κ1) is 11.8. The average Bonchev–Trinajstić information content (AvgIpc) is 2.88. The van der Waals surface area contributed by atoms with Crippen molar-refractivity contribution < 1.29 is 9.53 Å². The summed E-state index contributed by atoms with van der Waals surface area (Å²) in [5.41, 5.74) is 0.933. The highest BCUT2D eigenvalue weighted by Crippen LogP contribution is 2.26. The summed E-state index contributed by atoms with van der Waals surface area (Å²) in [7, 11) is 0. The van der Waals surface area contributed by atoms with E-state index in [4.69, 9.17) is 4.74 Å². The molecule has 20 heavy (non-hydrogen) atoms. The van der Waals surface area contributed by atoms with Crippen LogP contribution in [0.1, 0.15) is 6.42 Å². The Balaban J connectivity index is 1.62. The van der Waals surface area contributed by atoms with Crippen molar-refractivity contribution >= 4 is 23.5 Å². The molecule has 1 aromatic heterocycles. The summed E-state index contributed by atoms with van der Waals surface area (Å²) in [6.07, 6.45) is 0.379. The van der Waals surface area contributed by atoms with Gasteiger partial charge in [-0.05, 0) is 0 Å². The Morgan fingerprint density at radius 2 is 2.15 bits per heavy atom. The standard InChI is InChI=1S/C12H16N6O2/c19-10-5-9-8(6-13-10)7-18-11(14-9)15-12(16-18)17-1-3-20-4-2-17/h8H,1-7H2,(H,13,19). The van der Waals surface area contributed by atoms with Crippen molar-refractivity contribution in [1.29, 1.82) is 0 Å². The van der Waals surface area contributed by atoms with Crippen molar-refractivity contribution in [2.24, 2.45) is 10.9 Å². The molecule has 3 aliphatic heterocycles. The summed E-state index contributed by atoms with van der Waals surface area (Å²) < 4.78 is 7.18. The number of carbonyl (C=O) groups excluding carboxylic acids is 1. The van der Waals surface area contributed by atoms with E-state index in [9.17, 15) is 4.79 Å². The number of fused-ring (bicyclic) bond motifs is 2. The van der Waals surface area contributed by atoms with Crippen LogP contribution in [0.4, 0.5) is 11.9 Å². The minimum atomic E-state index is 0.0429. The van der Waals surface area contributed by atoms with E-state index < -0.39 is 0 Å². The predicted molar refractivity (Wildman–Crippen MR) is 71.3 cm³/mol. The summed E-state index contributed by atoms with van der Waals surface area (Å²) >= 11 is 0. The lowest BCUT2D eigenvalue weighted by Gasteiger charge is -2.27. The van der Waals surface area contributed by atoms with Gasteiger partial charge in [0.15, 0.2) is 0 Å². The topological polar surface area (TPSA) is 84.6 Å². The van der Waals surface area contributed by atoms with E-state index in [0.717, 1.165) is 25.3 Å². The van der Waals surface area contributed by atoms with Crippen molar-refractivity contribution in [1.82, 2.24) is 20.1 Å². The van der Waals surface area contributed by atoms with Crippen molar-refractivity contribution in [3.63, 3.8) is 0 Å². The second-order valence-electron chi connectivity index (χ2n) is 5.27. The van der Waals surface area contributed by atoms with E-state index in [1.165, 1.54) is 0 Å². The maximum atomic E-state index is 11.4. The van der Waals surface area contributed by atoms with Crippen LogP contribution in [0, 0.1) is 5.92 Å². The van der Waals surface area contributed by atoms with Crippen LogP contribution in [0.2, 0.25) is 0 Å². The molecule has 0 aliphatic carbocycles. The predicted octanol–water partition coefficient (Wildman–Crippen LogP) is -0.663. The molecule has 1 N–H and O–H groups in total. The number of hydrogen-bond donors (Lipinski definition) is 1. The molecule has 2 fully saturated rings. The molecular weight excluding hydrogens is 260 g/mol. The molecule has 0 saturated carbocycles. The molecule has 3 aliphatic rings. The van der Waals surface area contributed by atoms with Gasteiger partial charge in [0, 0.05) is 31.3 Å². The van der Waals surface area contributed by atoms with Crippen molar-refractivity contribution in [3.8, 4) is 0 Å². The zero-order valence-corrected chi connectivity index (χ0v) is 11.1. The average molecular weight is 276 g/mol. The van der Waals surface area contributed by atoms with Crippen LogP contribution < -0.4 is 10.2 Å². The van der Waals surface area contributed by atoms with E-state index in [-0.39, 0.29) is 11.8 Å². The van der Waals surface area contributed by atoms with Gasteiger partial charge in [0.1, 0.15) is 0 Å². The minimum absolute atomic E-state index is 0.0429. The number of nitrogens with one attached hydrogen (secondary N) is 1. The summed E-state index contributed by atoms with van der Waals surface area (Å²) in [5.74, 6) is 1.62. The zero-order valence-electron chi connectivity index (χ0n) is 11.1. The van der Waals surface area contributed by atoms with Gasteiger partial charge in [-0.15, -0.1) is 5.10 Å². The van der Waals surface area contributed by atoms with Gasteiger partial charge in [-0.25, -0.2) is 9.67 Å². The SMILES string of the molecule is O=C1CC2=Nc3nc(N4CCOCC4)nn3CC2CN1. The molecule has 0 bridgehead atoms. The summed E-state index contributed by atoms with van der Waals surface area (Å²) in [6.45, 7) is 4.42. The van der Waals surface area contributed by atoms with Gasteiger partial charge < -0.3 is 15.0 Å². The fraction of sp³-hybridized carbons (Fsp3) is 0.667. The number of piperidine rings is 1. The molecule has 8 nitrogen and oxygen atoms in total. The molecule has 2 saturated heterocycles. The summed E-state index contributed by atoms with van der Waals surface area (Å²) in [5, 5.41) is 7.41. The van der Waals surface area contributed by atoms with Gasteiger partial charge in [0.25, 0.3) is 0 Å². The molecule has 0 spiro atoms. The number of aromatic nitrogens is 3. The van der Waals surface area contributed by atoms with Crippen molar-refractivity contribution in [2.75, 3.05) is 37.7 Å². The number of rotatable bonds is 1. The van der Waals surface area contributed by atoms with Crippen LogP contribution in [0.3, 0.4) is 0 Å². The first-order valence-electron chi connectivity index (χ1n) is 6.91. The summed E-state index contributed by atoms with van der Waals surface area (Å²) in [6, 6.07) is 0. The lowest BCUT2D eigenvalue weighted by atomic mass is 9.95. The molecule has 1 aromatic rings. The van der Waals surface area contributed by atoms with Gasteiger partial charge in [0.05, 0.1) is 26.2 Å². The number of hydrogen-bond acceptors (Lipinski definition) is 6. The molecule has 4 heterocycles. The third kappa shape index (κ3) is 1.96. The Bertz CT molecular complexity index is 575. The molecule has 1 atom stereocenters. The van der Waals surface area contributed by atoms with Crippen LogP contribution in [0.15, 0.2) is 4.99 Å². The van der Waals surface area contributed by atoms with E-state index in [1.807, 2.05) is 4.68 Å². The number of nitrogens with zero attached hydrogens (tertiary/aromatic N) is 5. The number of amides is 1. The Labute approximate surface area is 115 Å². The second-order valence-corrected chi connectivity index (χ2v) is 5.27. The van der Waals surface area contributed by atoms with E-state index in [2.05, 4.69) is 25.3 Å². The van der Waals surface area contributed by atoms with Gasteiger partial charge in [-0.3, -0.25) is 4.79 Å². The minimum Gasteiger partial charge on any atom is -0.378 e. The lowest BCUT2D eigenvalue weighted by molar-refractivity contribution is -0.120. The van der Waals surface area contributed by atoms with Gasteiger partial charge in [-0.2, -0.15) is 4.98 Å². The van der Waals surface area contributed by atoms with Crippen LogP contribution >= 0.6 is 0 Å². The largest absolute Gasteiger partial charge is 0.378 e. The first-order chi connectivity index (χ1) is 9.79. The zero-order chi connectivity index (χ0) is 13.5. The lowest BCUT2D eigenvalue weighted by Crippen LogP contribution is -2.44. The number of ether oxygens (including phenoxy) is 1. The molecule has 4 rings (SSSR count). The smallest absolute Gasteiger partial charge is 0.249 e. The number of morpholine rings is 1. The van der Waals surface area contributed by atoms with E-state index >= 15 is 0 Å². The highest BCUT2D eigenvalue weighted by Gasteiger charge is 2.31. The third-order valence-electron chi connectivity index (χ3n) is 3.93. The Hall–Kier alpha value is -1.96. The second kappa shape index (κ2) is 4.55. The normalized spacial score (nSPS) is 25.6. The first-order valence-corrected chi connectivity index (χ1v) is 6.91. The van der Waals surface area contributed by atoms with Gasteiger partial charge in [0.2, 0.25) is 17.8 Å². The number of carbonyl (C=O) groups is 1. The molecule has 1 unspecified atom stereocenters. The fourth-order valence-corrected chi connectivity index (χ4v) is 2.79. The molecule has 1 amide bonds. The van der Waals surface area contributed by atoms with Gasteiger partial charge in [-0.1, -0.05) is 0 Å². The van der Waals surface area contributed by atoms with Crippen LogP contribution in [-0.4, -0.2) is 59.2 Å². The van der Waals surface area contributed by atoms with Crippen molar-refractivity contribution in [3.05, 3.63) is 0 Å². The monoisotopic (exact) mass is 276 g/mol. The number of aliphatic imine (C=N–C) groups is 1. The number of anilines is 1. The summed E-state index contributed by atoms with van der Waals surface area (Å²) in [4.78, 5) is 22.6. The highest BCUT2D eigenvalue weighted by atomic mass is 16.5. The molecule has 0 aromatic carbocycles. The van der Waals surface area contributed by atoms with Crippen LogP contribution in [0.25, 0.3) is 0 Å². The van der Waals surface area contributed by atoms with Gasteiger partial charge >= 0.3 is 0 Å². The van der Waals surface area contributed by atoms with Crippen molar-refractivity contribution in [2.45, 2.75) is 13.0 Å². The maximum Gasteiger partial charge on any atom is 0.249 e. The molecule has 8 heteroatoms. The van der Waals surface area contributed by atoms with Crippen LogP contribution in [0.5, 0.6) is 0 Å². The van der Waals surface area contributed by atoms with Crippen LogP contribution in [-0.2, 0) is 16.1 Å². The third-order valence-corrected chi connectivity index (χ3v) is 3.93. The Morgan fingerprint density at radius 3 is 3.00 bits per heavy atom. The quantitative estimate of drug-likeness (QED) is 0.736. The Kier molecular flexibility index (Phi) is 2.69.